The second-order valence-electron chi connectivity index (χ2n) is 5.67. The number of halogens is 2. The third-order valence-corrected chi connectivity index (χ3v) is 4.37. The molecule has 150 valence electrons. The number of carbonyl (C=O) groups excluding carboxylic acids is 2. The van der Waals surface area contributed by atoms with Crippen LogP contribution >= 0.6 is 11.8 Å². The minimum absolute atomic E-state index is 0.163. The van der Waals surface area contributed by atoms with E-state index < -0.39 is 17.6 Å². The lowest BCUT2D eigenvalue weighted by molar-refractivity contribution is -0.118. The molecule has 0 saturated carbocycles. The lowest BCUT2D eigenvalue weighted by atomic mass is 10.3. The summed E-state index contributed by atoms with van der Waals surface area (Å²) in [6.45, 7) is -0.330. The van der Waals surface area contributed by atoms with Gasteiger partial charge in [-0.15, -0.1) is 0 Å². The van der Waals surface area contributed by atoms with Crippen LogP contribution in [-0.4, -0.2) is 24.2 Å². The van der Waals surface area contributed by atoms with Crippen molar-refractivity contribution in [3.8, 4) is 5.75 Å². The van der Waals surface area contributed by atoms with Gasteiger partial charge >= 0.3 is 0 Å². The van der Waals surface area contributed by atoms with E-state index in [9.17, 15) is 18.4 Å². The van der Waals surface area contributed by atoms with Gasteiger partial charge in [-0.2, -0.15) is 8.78 Å². The summed E-state index contributed by atoms with van der Waals surface area (Å²) in [5.74, 6) is -3.00. The van der Waals surface area contributed by atoms with Gasteiger partial charge < -0.3 is 19.8 Å². The molecule has 0 spiro atoms. The molecule has 0 aliphatic heterocycles. The van der Waals surface area contributed by atoms with Gasteiger partial charge in [0.15, 0.2) is 12.4 Å². The highest BCUT2D eigenvalue weighted by Gasteiger charge is 2.13. The molecule has 29 heavy (non-hydrogen) atoms. The maximum atomic E-state index is 12.6. The molecule has 2 amide bonds. The topological polar surface area (TPSA) is 80.6 Å². The summed E-state index contributed by atoms with van der Waals surface area (Å²) in [7, 11) is 0. The molecule has 0 atom stereocenters. The number of ether oxygens (including phenoxy) is 1. The molecule has 9 heteroatoms. The van der Waals surface area contributed by atoms with Crippen LogP contribution in [0.3, 0.4) is 0 Å². The number of anilines is 2. The number of hydrogen-bond donors (Lipinski definition) is 2. The van der Waals surface area contributed by atoms with Crippen LogP contribution in [0.15, 0.2) is 76.2 Å². The summed E-state index contributed by atoms with van der Waals surface area (Å²) in [6, 6.07) is 15.9. The minimum Gasteiger partial charge on any atom is -0.484 e. The van der Waals surface area contributed by atoms with E-state index >= 15 is 0 Å². The molecule has 0 aliphatic rings. The molecule has 0 fully saturated rings. The second kappa shape index (κ2) is 9.74. The number of furan rings is 1. The largest absolute Gasteiger partial charge is 0.484 e. The third-order valence-electron chi connectivity index (χ3n) is 3.58. The van der Waals surface area contributed by atoms with E-state index in [1.54, 1.807) is 42.5 Å². The molecular weight excluding hydrogens is 402 g/mol. The predicted molar refractivity (Wildman–Crippen MR) is 106 cm³/mol. The average molecular weight is 418 g/mol. The van der Waals surface area contributed by atoms with E-state index in [2.05, 4.69) is 10.6 Å². The number of para-hydroxylation sites is 1. The Morgan fingerprint density at radius 1 is 1.03 bits per heavy atom. The van der Waals surface area contributed by atoms with Crippen molar-refractivity contribution in [2.24, 2.45) is 0 Å². The summed E-state index contributed by atoms with van der Waals surface area (Å²) in [5.41, 5.74) is 0.744. The summed E-state index contributed by atoms with van der Waals surface area (Å²) in [4.78, 5) is 24.4. The Balaban J connectivity index is 1.56. The predicted octanol–water partition coefficient (Wildman–Crippen LogP) is 4.86. The number of thioether (sulfide) groups is 1. The van der Waals surface area contributed by atoms with Crippen LogP contribution in [0.25, 0.3) is 0 Å². The van der Waals surface area contributed by atoms with Gasteiger partial charge in [-0.1, -0.05) is 30.0 Å². The molecule has 0 aliphatic carbocycles. The number of alkyl halides is 2. The van der Waals surface area contributed by atoms with Crippen LogP contribution in [0.5, 0.6) is 5.75 Å². The van der Waals surface area contributed by atoms with Gasteiger partial charge in [0.05, 0.1) is 12.0 Å². The molecule has 0 saturated heterocycles. The van der Waals surface area contributed by atoms with Crippen molar-refractivity contribution in [3.63, 3.8) is 0 Å². The number of carbonyl (C=O) groups is 2. The van der Waals surface area contributed by atoms with Crippen LogP contribution < -0.4 is 15.4 Å². The van der Waals surface area contributed by atoms with E-state index in [4.69, 9.17) is 9.15 Å². The van der Waals surface area contributed by atoms with Gasteiger partial charge in [-0.05, 0) is 36.4 Å². The molecule has 6 nitrogen and oxygen atoms in total. The number of nitrogens with one attached hydrogen (secondary N) is 2. The number of rotatable bonds is 8. The lowest BCUT2D eigenvalue weighted by Crippen LogP contribution is -2.20. The van der Waals surface area contributed by atoms with E-state index in [0.717, 1.165) is 0 Å². The zero-order valence-corrected chi connectivity index (χ0v) is 15.7. The summed E-state index contributed by atoms with van der Waals surface area (Å²) in [5, 5.41) is 5.20. The van der Waals surface area contributed by atoms with Crippen molar-refractivity contribution < 1.29 is 27.5 Å². The SMILES string of the molecule is O=C(COc1cccc(NC(=O)c2ccco2)c1)Nc1ccccc1SC(F)F. The van der Waals surface area contributed by atoms with Gasteiger partial charge in [0.2, 0.25) is 0 Å². The van der Waals surface area contributed by atoms with Crippen LogP contribution in [0, 0.1) is 0 Å². The summed E-state index contributed by atoms with van der Waals surface area (Å²) < 4.78 is 35.7. The first-order valence-corrected chi connectivity index (χ1v) is 9.30. The standard InChI is InChI=1S/C20H16F2N2O4S/c21-20(22)29-17-9-2-1-7-15(17)24-18(25)12-28-14-6-3-5-13(11-14)23-19(26)16-8-4-10-27-16/h1-11,20H,12H2,(H,23,26)(H,24,25). The van der Waals surface area contributed by atoms with Gasteiger partial charge in [-0.25, -0.2) is 0 Å². The Labute approximate surface area is 169 Å². The Bertz CT molecular complexity index is 980. The van der Waals surface area contributed by atoms with Crippen molar-refractivity contribution in [2.45, 2.75) is 10.7 Å². The monoisotopic (exact) mass is 418 g/mol. The fourth-order valence-electron chi connectivity index (χ4n) is 2.37. The van der Waals surface area contributed by atoms with Gasteiger partial charge in [-0.3, -0.25) is 9.59 Å². The molecule has 2 aromatic carbocycles. The molecule has 2 N–H and O–H groups in total. The van der Waals surface area contributed by atoms with E-state index in [1.807, 2.05) is 0 Å². The van der Waals surface area contributed by atoms with Crippen molar-refractivity contribution in [1.29, 1.82) is 0 Å². The molecule has 1 aromatic heterocycles. The van der Waals surface area contributed by atoms with Crippen LogP contribution in [0.2, 0.25) is 0 Å². The molecule has 3 rings (SSSR count). The van der Waals surface area contributed by atoms with Crippen LogP contribution in [0.1, 0.15) is 10.6 Å². The van der Waals surface area contributed by atoms with Crippen molar-refractivity contribution >= 4 is 35.0 Å². The maximum absolute atomic E-state index is 12.6. The smallest absolute Gasteiger partial charge is 0.291 e. The third kappa shape index (κ3) is 6.08. The average Bonchev–Trinajstić information content (AvgIpc) is 3.23. The van der Waals surface area contributed by atoms with Gasteiger partial charge in [0, 0.05) is 16.6 Å². The maximum Gasteiger partial charge on any atom is 0.291 e. The first kappa shape index (κ1) is 20.4. The normalized spacial score (nSPS) is 10.6. The molecule has 1 heterocycles. The van der Waals surface area contributed by atoms with Gasteiger partial charge in [0.1, 0.15) is 5.75 Å². The number of amides is 2. The zero-order valence-electron chi connectivity index (χ0n) is 14.9. The molecule has 0 radical (unpaired) electrons. The molecule has 0 bridgehead atoms. The Kier molecular flexibility index (Phi) is 6.85. The van der Waals surface area contributed by atoms with Crippen molar-refractivity contribution in [3.05, 3.63) is 72.7 Å². The Hall–Kier alpha value is -3.33. The molecule has 0 unspecified atom stereocenters. The quantitative estimate of drug-likeness (QED) is 0.511. The first-order chi connectivity index (χ1) is 14.0. The fraction of sp³-hybridized carbons (Fsp3) is 0.100. The highest BCUT2D eigenvalue weighted by Crippen LogP contribution is 2.31. The zero-order chi connectivity index (χ0) is 20.6. The van der Waals surface area contributed by atoms with E-state index in [0.29, 0.717) is 23.2 Å². The first-order valence-electron chi connectivity index (χ1n) is 8.42. The van der Waals surface area contributed by atoms with Crippen molar-refractivity contribution in [1.82, 2.24) is 0 Å². The number of benzene rings is 2. The van der Waals surface area contributed by atoms with Gasteiger partial charge in [0.25, 0.3) is 17.6 Å². The number of hydrogen-bond acceptors (Lipinski definition) is 5. The summed E-state index contributed by atoms with van der Waals surface area (Å²) in [6.07, 6.45) is 1.39. The summed E-state index contributed by atoms with van der Waals surface area (Å²) >= 11 is 0.351. The van der Waals surface area contributed by atoms with Crippen molar-refractivity contribution in [2.75, 3.05) is 17.2 Å². The van der Waals surface area contributed by atoms with E-state index in [-0.39, 0.29) is 22.9 Å². The minimum atomic E-state index is -2.59. The highest BCUT2D eigenvalue weighted by molar-refractivity contribution is 7.99. The fourth-order valence-corrected chi connectivity index (χ4v) is 2.96. The molecule has 3 aromatic rings. The second-order valence-corrected chi connectivity index (χ2v) is 6.70. The van der Waals surface area contributed by atoms with Crippen LogP contribution in [0.4, 0.5) is 20.2 Å². The Morgan fingerprint density at radius 2 is 1.86 bits per heavy atom. The van der Waals surface area contributed by atoms with E-state index in [1.165, 1.54) is 24.5 Å². The van der Waals surface area contributed by atoms with Crippen LogP contribution in [-0.2, 0) is 4.79 Å². The lowest BCUT2D eigenvalue weighted by Gasteiger charge is -2.11. The molecular formula is C20H16F2N2O4S. The highest BCUT2D eigenvalue weighted by atomic mass is 32.2. The Morgan fingerprint density at radius 3 is 2.62 bits per heavy atom.